The van der Waals surface area contributed by atoms with E-state index in [-0.39, 0.29) is 23.5 Å². The molecule has 1 aliphatic heterocycles. The van der Waals surface area contributed by atoms with Crippen molar-refractivity contribution in [1.29, 1.82) is 0 Å². The van der Waals surface area contributed by atoms with Gasteiger partial charge in [0.25, 0.3) is 0 Å². The Hall–Kier alpha value is -2.44. The van der Waals surface area contributed by atoms with Crippen molar-refractivity contribution in [3.05, 3.63) is 47.0 Å². The molecule has 0 atom stereocenters. The number of hydrogen-bond acceptors (Lipinski definition) is 6. The number of phenols is 3. The van der Waals surface area contributed by atoms with Crippen LogP contribution in [0.25, 0.3) is 0 Å². The summed E-state index contributed by atoms with van der Waals surface area (Å²) in [6.07, 6.45) is 0.857. The van der Waals surface area contributed by atoms with E-state index in [4.69, 9.17) is 11.6 Å². The molecule has 29 heavy (non-hydrogen) atoms. The first kappa shape index (κ1) is 22.8. The molecule has 1 heterocycles. The third-order valence-electron chi connectivity index (χ3n) is 4.78. The molecule has 0 amide bonds. The SMILES string of the molecule is CC.O=C(CCCN1CCN(c2cccc(Cl)c2)CC1)c1c(O)cc(O)cc1O. The van der Waals surface area contributed by atoms with E-state index in [0.717, 1.165) is 55.6 Å². The summed E-state index contributed by atoms with van der Waals surface area (Å²) >= 11 is 6.05. The number of benzene rings is 2. The average Bonchev–Trinajstić information content (AvgIpc) is 2.69. The number of halogens is 1. The number of carbonyl (C=O) groups excluding carboxylic acids is 1. The van der Waals surface area contributed by atoms with Gasteiger partial charge in [-0.25, -0.2) is 0 Å². The number of carbonyl (C=O) groups is 1. The zero-order valence-corrected chi connectivity index (χ0v) is 17.7. The summed E-state index contributed by atoms with van der Waals surface area (Å²) in [5, 5.41) is 29.6. The monoisotopic (exact) mass is 420 g/mol. The normalized spacial score (nSPS) is 14.2. The lowest BCUT2D eigenvalue weighted by atomic mass is 10.0. The Balaban J connectivity index is 0.00000145. The zero-order valence-electron chi connectivity index (χ0n) is 16.9. The van der Waals surface area contributed by atoms with Gasteiger partial charge in [0, 0.05) is 55.4 Å². The second-order valence-corrected chi connectivity index (χ2v) is 7.13. The van der Waals surface area contributed by atoms with Crippen LogP contribution in [0, 0.1) is 0 Å². The molecule has 0 radical (unpaired) electrons. The molecule has 0 unspecified atom stereocenters. The fourth-order valence-electron chi connectivity index (χ4n) is 3.37. The number of anilines is 1. The summed E-state index contributed by atoms with van der Waals surface area (Å²) < 4.78 is 0. The fourth-order valence-corrected chi connectivity index (χ4v) is 3.56. The van der Waals surface area contributed by atoms with Crippen LogP contribution in [-0.4, -0.2) is 58.7 Å². The number of phenolic OH excluding ortho intramolecular Hbond substituents is 3. The van der Waals surface area contributed by atoms with Gasteiger partial charge in [-0.3, -0.25) is 9.69 Å². The molecule has 0 spiro atoms. The minimum Gasteiger partial charge on any atom is -0.508 e. The van der Waals surface area contributed by atoms with E-state index < -0.39 is 11.5 Å². The van der Waals surface area contributed by atoms with Crippen LogP contribution >= 0.6 is 11.6 Å². The molecule has 158 valence electrons. The number of piperazine rings is 1. The summed E-state index contributed by atoms with van der Waals surface area (Å²) in [4.78, 5) is 16.9. The van der Waals surface area contributed by atoms with Crippen molar-refractivity contribution in [2.45, 2.75) is 26.7 Å². The smallest absolute Gasteiger partial charge is 0.170 e. The molecule has 2 aromatic carbocycles. The second-order valence-electron chi connectivity index (χ2n) is 6.69. The molecule has 1 fully saturated rings. The molecular weight excluding hydrogens is 392 g/mol. The molecule has 3 rings (SSSR count). The van der Waals surface area contributed by atoms with Crippen LogP contribution in [0.4, 0.5) is 5.69 Å². The Kier molecular flexibility index (Phi) is 8.61. The number of Topliss-reactive ketones (excluding diaryl/α,β-unsaturated/α-hetero) is 1. The maximum Gasteiger partial charge on any atom is 0.170 e. The van der Waals surface area contributed by atoms with Crippen LogP contribution in [0.15, 0.2) is 36.4 Å². The Morgan fingerprint density at radius 1 is 1.00 bits per heavy atom. The first-order chi connectivity index (χ1) is 13.9. The van der Waals surface area contributed by atoms with Gasteiger partial charge in [-0.2, -0.15) is 0 Å². The van der Waals surface area contributed by atoms with Gasteiger partial charge in [-0.15, -0.1) is 0 Å². The number of aromatic hydroxyl groups is 3. The van der Waals surface area contributed by atoms with E-state index in [1.54, 1.807) is 0 Å². The van der Waals surface area contributed by atoms with Crippen molar-refractivity contribution in [1.82, 2.24) is 4.90 Å². The highest BCUT2D eigenvalue weighted by Crippen LogP contribution is 2.33. The van der Waals surface area contributed by atoms with Gasteiger partial charge in [0.2, 0.25) is 0 Å². The summed E-state index contributed by atoms with van der Waals surface area (Å²) in [5.74, 6) is -1.40. The molecule has 0 bridgehead atoms. The minimum absolute atomic E-state index is 0.126. The van der Waals surface area contributed by atoms with Crippen molar-refractivity contribution in [3.8, 4) is 17.2 Å². The van der Waals surface area contributed by atoms with Gasteiger partial charge in [0.05, 0.1) is 0 Å². The predicted octanol–water partition coefficient (Wildman–Crippen LogP) is 4.27. The van der Waals surface area contributed by atoms with Gasteiger partial charge in [-0.05, 0) is 31.2 Å². The van der Waals surface area contributed by atoms with Crippen LogP contribution in [0.2, 0.25) is 5.02 Å². The van der Waals surface area contributed by atoms with Crippen LogP contribution in [-0.2, 0) is 0 Å². The maximum absolute atomic E-state index is 12.3. The van der Waals surface area contributed by atoms with E-state index in [2.05, 4.69) is 15.9 Å². The van der Waals surface area contributed by atoms with Crippen molar-refractivity contribution in [2.24, 2.45) is 0 Å². The van der Waals surface area contributed by atoms with Crippen molar-refractivity contribution >= 4 is 23.1 Å². The zero-order chi connectivity index (χ0) is 21.4. The number of rotatable bonds is 6. The third-order valence-corrected chi connectivity index (χ3v) is 5.02. The van der Waals surface area contributed by atoms with Crippen LogP contribution in [0.5, 0.6) is 17.2 Å². The molecule has 7 heteroatoms. The Bertz CT molecular complexity index is 797. The molecule has 3 N–H and O–H groups in total. The average molecular weight is 421 g/mol. The first-order valence-corrected chi connectivity index (χ1v) is 10.3. The quantitative estimate of drug-likeness (QED) is 0.605. The Morgan fingerprint density at radius 3 is 2.21 bits per heavy atom. The van der Waals surface area contributed by atoms with Gasteiger partial charge >= 0.3 is 0 Å². The van der Waals surface area contributed by atoms with E-state index in [9.17, 15) is 20.1 Å². The second kappa shape index (κ2) is 10.9. The van der Waals surface area contributed by atoms with Crippen molar-refractivity contribution < 1.29 is 20.1 Å². The maximum atomic E-state index is 12.3. The minimum atomic E-state index is -0.396. The summed E-state index contributed by atoms with van der Waals surface area (Å²) in [7, 11) is 0. The van der Waals surface area contributed by atoms with E-state index in [0.29, 0.717) is 6.42 Å². The van der Waals surface area contributed by atoms with Gasteiger partial charge in [0.1, 0.15) is 22.8 Å². The van der Waals surface area contributed by atoms with Gasteiger partial charge in [-0.1, -0.05) is 31.5 Å². The number of nitrogens with zero attached hydrogens (tertiary/aromatic N) is 2. The summed E-state index contributed by atoms with van der Waals surface area (Å²) in [5.41, 5.74) is 0.995. The fraction of sp³-hybridized carbons (Fsp3) is 0.409. The lowest BCUT2D eigenvalue weighted by molar-refractivity contribution is 0.0969. The molecule has 0 aromatic heterocycles. The van der Waals surface area contributed by atoms with E-state index in [1.807, 2.05) is 32.0 Å². The molecule has 1 saturated heterocycles. The van der Waals surface area contributed by atoms with Crippen LogP contribution in [0.1, 0.15) is 37.0 Å². The van der Waals surface area contributed by atoms with Gasteiger partial charge in [0.15, 0.2) is 5.78 Å². The summed E-state index contributed by atoms with van der Waals surface area (Å²) in [6.45, 7) is 8.36. The highest BCUT2D eigenvalue weighted by Gasteiger charge is 2.20. The van der Waals surface area contributed by atoms with Crippen LogP contribution < -0.4 is 4.90 Å². The molecule has 2 aromatic rings. The standard InChI is InChI=1S/C20H23ClN2O4.C2H6/c21-14-3-1-4-15(11-14)23-9-7-22(8-10-23)6-2-5-17(25)20-18(26)12-16(24)13-19(20)27;1-2/h1,3-4,11-13,24,26-27H,2,5-10H2;1-2H3. The highest BCUT2D eigenvalue weighted by atomic mass is 35.5. The number of hydrogen-bond donors (Lipinski definition) is 3. The molecule has 0 saturated carbocycles. The Labute approximate surface area is 177 Å². The summed E-state index contributed by atoms with van der Waals surface area (Å²) in [6, 6.07) is 9.94. The van der Waals surface area contributed by atoms with Gasteiger partial charge < -0.3 is 20.2 Å². The Morgan fingerprint density at radius 2 is 1.62 bits per heavy atom. The lowest BCUT2D eigenvalue weighted by Gasteiger charge is -2.36. The number of ketones is 1. The molecule has 0 aliphatic carbocycles. The predicted molar refractivity (Wildman–Crippen MR) is 116 cm³/mol. The molecule has 1 aliphatic rings. The van der Waals surface area contributed by atoms with Crippen molar-refractivity contribution in [2.75, 3.05) is 37.6 Å². The highest BCUT2D eigenvalue weighted by molar-refractivity contribution is 6.30. The third kappa shape index (κ3) is 6.27. The molecular formula is C22H29ClN2O4. The first-order valence-electron chi connectivity index (χ1n) is 9.95. The molecule has 6 nitrogen and oxygen atoms in total. The van der Waals surface area contributed by atoms with Crippen molar-refractivity contribution in [3.63, 3.8) is 0 Å². The lowest BCUT2D eigenvalue weighted by Crippen LogP contribution is -2.46. The largest absolute Gasteiger partial charge is 0.508 e. The van der Waals surface area contributed by atoms with Crippen LogP contribution in [0.3, 0.4) is 0 Å². The van der Waals surface area contributed by atoms with E-state index in [1.165, 1.54) is 0 Å². The van der Waals surface area contributed by atoms with E-state index >= 15 is 0 Å². The topological polar surface area (TPSA) is 84.2 Å².